The number of hydrogen-bond donors (Lipinski definition) is 1. The largest absolute Gasteiger partial charge is 0.491 e. The van der Waals surface area contributed by atoms with Gasteiger partial charge in [0.05, 0.1) is 13.2 Å². The van der Waals surface area contributed by atoms with E-state index in [-0.39, 0.29) is 0 Å². The molecule has 0 amide bonds. The lowest BCUT2D eigenvalue weighted by atomic mass is 10.3. The molecule has 1 aromatic carbocycles. The van der Waals surface area contributed by atoms with Gasteiger partial charge in [0.1, 0.15) is 12.4 Å². The van der Waals surface area contributed by atoms with Crippen LogP contribution >= 0.6 is 0 Å². The van der Waals surface area contributed by atoms with Gasteiger partial charge in [0.2, 0.25) is 0 Å². The van der Waals surface area contributed by atoms with Crippen LogP contribution < -0.4 is 10.5 Å². The molecule has 0 aliphatic heterocycles. The molecule has 3 heteroatoms. The third-order valence-corrected chi connectivity index (χ3v) is 1.50. The Morgan fingerprint density at radius 2 is 1.77 bits per heavy atom. The first-order chi connectivity index (χ1) is 6.43. The summed E-state index contributed by atoms with van der Waals surface area (Å²) in [4.78, 5) is 0. The molecule has 3 nitrogen and oxygen atoms in total. The predicted octanol–water partition coefficient (Wildman–Crippen LogP) is 1.04. The van der Waals surface area contributed by atoms with Crippen LogP contribution in [0.1, 0.15) is 0 Å². The van der Waals surface area contributed by atoms with Crippen LogP contribution in [0.4, 0.5) is 0 Å². The second kappa shape index (κ2) is 6.46. The van der Waals surface area contributed by atoms with E-state index in [0.29, 0.717) is 26.4 Å². The molecular formula is C10H15NO2. The molecule has 0 spiro atoms. The first-order valence-corrected chi connectivity index (χ1v) is 4.39. The Balaban J connectivity index is 2.07. The van der Waals surface area contributed by atoms with Crippen molar-refractivity contribution in [2.75, 3.05) is 26.4 Å². The number of ether oxygens (including phenoxy) is 2. The molecule has 13 heavy (non-hydrogen) atoms. The highest BCUT2D eigenvalue weighted by molar-refractivity contribution is 5.20. The fourth-order valence-electron chi connectivity index (χ4n) is 0.921. The van der Waals surface area contributed by atoms with Gasteiger partial charge in [-0.2, -0.15) is 0 Å². The molecule has 0 fully saturated rings. The van der Waals surface area contributed by atoms with Crippen LogP contribution in [0.5, 0.6) is 5.75 Å². The topological polar surface area (TPSA) is 44.5 Å². The van der Waals surface area contributed by atoms with Gasteiger partial charge in [-0.15, -0.1) is 0 Å². The summed E-state index contributed by atoms with van der Waals surface area (Å²) in [6.45, 7) is 2.32. The number of benzene rings is 1. The van der Waals surface area contributed by atoms with Crippen LogP contribution in [0, 0.1) is 0 Å². The summed E-state index contributed by atoms with van der Waals surface area (Å²) in [6, 6.07) is 9.68. The van der Waals surface area contributed by atoms with Crippen molar-refractivity contribution < 1.29 is 9.47 Å². The van der Waals surface area contributed by atoms with Crippen molar-refractivity contribution in [2.24, 2.45) is 5.73 Å². The molecule has 0 unspecified atom stereocenters. The molecule has 72 valence electrons. The standard InChI is InChI=1S/C10H15NO2/c11-6-7-12-8-9-13-10-4-2-1-3-5-10/h1-5H,6-9,11H2. The SMILES string of the molecule is NCCOCCOc1ccccc1. The van der Waals surface area contributed by atoms with Gasteiger partial charge >= 0.3 is 0 Å². The molecule has 0 saturated heterocycles. The quantitative estimate of drug-likeness (QED) is 0.667. The average molecular weight is 181 g/mol. The van der Waals surface area contributed by atoms with E-state index in [1.54, 1.807) is 0 Å². The zero-order valence-corrected chi connectivity index (χ0v) is 7.61. The highest BCUT2D eigenvalue weighted by Crippen LogP contribution is 2.07. The van der Waals surface area contributed by atoms with E-state index >= 15 is 0 Å². The number of para-hydroxylation sites is 1. The highest BCUT2D eigenvalue weighted by atomic mass is 16.5. The zero-order chi connectivity index (χ0) is 9.36. The van der Waals surface area contributed by atoms with Gasteiger partial charge < -0.3 is 15.2 Å². The van der Waals surface area contributed by atoms with Gasteiger partial charge in [-0.05, 0) is 12.1 Å². The van der Waals surface area contributed by atoms with E-state index in [4.69, 9.17) is 15.2 Å². The summed E-state index contributed by atoms with van der Waals surface area (Å²) < 4.78 is 10.5. The molecule has 0 radical (unpaired) electrons. The van der Waals surface area contributed by atoms with Gasteiger partial charge in [-0.1, -0.05) is 18.2 Å². The van der Waals surface area contributed by atoms with E-state index in [2.05, 4.69) is 0 Å². The predicted molar refractivity (Wildman–Crippen MR) is 51.8 cm³/mol. The Kier molecular flexibility index (Phi) is 4.98. The minimum Gasteiger partial charge on any atom is -0.491 e. The van der Waals surface area contributed by atoms with E-state index in [1.165, 1.54) is 0 Å². The normalized spacial score (nSPS) is 9.92. The second-order valence-electron chi connectivity index (χ2n) is 2.56. The van der Waals surface area contributed by atoms with Crippen molar-refractivity contribution in [3.63, 3.8) is 0 Å². The van der Waals surface area contributed by atoms with E-state index < -0.39 is 0 Å². The maximum atomic E-state index is 5.39. The molecule has 0 bridgehead atoms. The van der Waals surface area contributed by atoms with Crippen molar-refractivity contribution in [3.8, 4) is 5.75 Å². The van der Waals surface area contributed by atoms with Crippen LogP contribution in [0.2, 0.25) is 0 Å². The first kappa shape index (κ1) is 10.0. The average Bonchev–Trinajstić information content (AvgIpc) is 2.19. The third-order valence-electron chi connectivity index (χ3n) is 1.50. The zero-order valence-electron chi connectivity index (χ0n) is 7.61. The van der Waals surface area contributed by atoms with Crippen molar-refractivity contribution in [3.05, 3.63) is 30.3 Å². The van der Waals surface area contributed by atoms with Crippen LogP contribution in [-0.2, 0) is 4.74 Å². The Bertz CT molecular complexity index is 213. The lowest BCUT2D eigenvalue weighted by Gasteiger charge is -2.05. The minimum absolute atomic E-state index is 0.561. The van der Waals surface area contributed by atoms with E-state index in [0.717, 1.165) is 5.75 Å². The Labute approximate surface area is 78.5 Å². The maximum absolute atomic E-state index is 5.39. The monoisotopic (exact) mass is 181 g/mol. The summed E-state index contributed by atoms with van der Waals surface area (Å²) >= 11 is 0. The summed E-state index contributed by atoms with van der Waals surface area (Å²) in [5.74, 6) is 0.874. The Morgan fingerprint density at radius 1 is 1.00 bits per heavy atom. The lowest BCUT2D eigenvalue weighted by Crippen LogP contribution is -2.13. The van der Waals surface area contributed by atoms with Gasteiger partial charge in [0.15, 0.2) is 0 Å². The summed E-state index contributed by atoms with van der Waals surface area (Å²) in [7, 11) is 0. The first-order valence-electron chi connectivity index (χ1n) is 4.39. The van der Waals surface area contributed by atoms with Gasteiger partial charge in [0.25, 0.3) is 0 Å². The highest BCUT2D eigenvalue weighted by Gasteiger charge is 1.90. The molecular weight excluding hydrogens is 166 g/mol. The van der Waals surface area contributed by atoms with Crippen molar-refractivity contribution in [1.82, 2.24) is 0 Å². The van der Waals surface area contributed by atoms with Crippen molar-refractivity contribution in [1.29, 1.82) is 0 Å². The molecule has 1 rings (SSSR count). The fraction of sp³-hybridized carbons (Fsp3) is 0.400. The van der Waals surface area contributed by atoms with Gasteiger partial charge in [0, 0.05) is 6.54 Å². The van der Waals surface area contributed by atoms with Gasteiger partial charge in [-0.3, -0.25) is 0 Å². The van der Waals surface area contributed by atoms with Crippen molar-refractivity contribution >= 4 is 0 Å². The molecule has 0 aliphatic rings. The minimum atomic E-state index is 0.561. The summed E-state index contributed by atoms with van der Waals surface area (Å²) in [5.41, 5.74) is 5.26. The van der Waals surface area contributed by atoms with Crippen LogP contribution in [0.15, 0.2) is 30.3 Å². The van der Waals surface area contributed by atoms with Crippen LogP contribution in [0.3, 0.4) is 0 Å². The lowest BCUT2D eigenvalue weighted by molar-refractivity contribution is 0.106. The summed E-state index contributed by atoms with van der Waals surface area (Å²) in [5, 5.41) is 0. The number of nitrogens with two attached hydrogens (primary N) is 1. The van der Waals surface area contributed by atoms with E-state index in [1.807, 2.05) is 30.3 Å². The molecule has 1 aromatic rings. The molecule has 0 aliphatic carbocycles. The number of hydrogen-bond acceptors (Lipinski definition) is 3. The molecule has 0 atom stereocenters. The summed E-state index contributed by atoms with van der Waals surface area (Å²) in [6.07, 6.45) is 0. The molecule has 0 aromatic heterocycles. The fourth-order valence-corrected chi connectivity index (χ4v) is 0.921. The third kappa shape index (κ3) is 4.50. The van der Waals surface area contributed by atoms with E-state index in [9.17, 15) is 0 Å². The molecule has 0 heterocycles. The molecule has 0 saturated carbocycles. The molecule has 2 N–H and O–H groups in total. The van der Waals surface area contributed by atoms with Gasteiger partial charge in [-0.25, -0.2) is 0 Å². The van der Waals surface area contributed by atoms with Crippen LogP contribution in [0.25, 0.3) is 0 Å². The smallest absolute Gasteiger partial charge is 0.119 e. The Hall–Kier alpha value is -1.06. The Morgan fingerprint density at radius 3 is 2.46 bits per heavy atom. The number of rotatable bonds is 6. The van der Waals surface area contributed by atoms with Crippen LogP contribution in [-0.4, -0.2) is 26.4 Å². The van der Waals surface area contributed by atoms with Crippen molar-refractivity contribution in [2.45, 2.75) is 0 Å². The second-order valence-corrected chi connectivity index (χ2v) is 2.56. The maximum Gasteiger partial charge on any atom is 0.119 e.